The fourth-order valence-electron chi connectivity index (χ4n) is 2.79. The van der Waals surface area contributed by atoms with E-state index in [4.69, 9.17) is 0 Å². The Balaban J connectivity index is 1.94. The van der Waals surface area contributed by atoms with Crippen LogP contribution in [0.3, 0.4) is 0 Å². The van der Waals surface area contributed by atoms with Crippen molar-refractivity contribution in [3.8, 4) is 5.69 Å². The second kappa shape index (κ2) is 7.36. The Morgan fingerprint density at radius 2 is 1.79 bits per heavy atom. The molecule has 0 radical (unpaired) electrons. The maximum absolute atomic E-state index is 13.0. The summed E-state index contributed by atoms with van der Waals surface area (Å²) in [6, 6.07) is 10.5. The molecule has 1 amide bonds. The summed E-state index contributed by atoms with van der Waals surface area (Å²) in [5.41, 5.74) is -0.179. The molecule has 6 nitrogen and oxygen atoms in total. The van der Waals surface area contributed by atoms with Crippen LogP contribution in [0, 0.1) is 6.92 Å². The summed E-state index contributed by atoms with van der Waals surface area (Å²) < 4.78 is 63.8. The van der Waals surface area contributed by atoms with Crippen LogP contribution < -0.4 is 5.32 Å². The second-order valence-electron chi connectivity index (χ2n) is 6.33. The van der Waals surface area contributed by atoms with Gasteiger partial charge in [-0.2, -0.15) is 18.3 Å². The molecule has 1 N–H and O–H groups in total. The summed E-state index contributed by atoms with van der Waals surface area (Å²) in [5.74, 6) is -0.628. The highest BCUT2D eigenvalue weighted by Crippen LogP contribution is 2.30. The third-order valence-corrected chi connectivity index (χ3v) is 5.36. The van der Waals surface area contributed by atoms with E-state index in [0.717, 1.165) is 18.4 Å². The largest absolute Gasteiger partial charge is 0.416 e. The highest BCUT2D eigenvalue weighted by Gasteiger charge is 2.30. The topological polar surface area (TPSA) is 81.1 Å². The van der Waals surface area contributed by atoms with Crippen molar-refractivity contribution in [3.63, 3.8) is 0 Å². The Labute approximate surface area is 164 Å². The van der Waals surface area contributed by atoms with Crippen LogP contribution in [0.15, 0.2) is 59.6 Å². The first-order valence-electron chi connectivity index (χ1n) is 8.31. The van der Waals surface area contributed by atoms with Crippen molar-refractivity contribution in [2.45, 2.75) is 18.0 Å². The summed E-state index contributed by atoms with van der Waals surface area (Å²) in [7, 11) is -3.57. The van der Waals surface area contributed by atoms with E-state index in [-0.39, 0.29) is 21.8 Å². The highest BCUT2D eigenvalue weighted by molar-refractivity contribution is 7.90. The normalized spacial score (nSPS) is 12.0. The zero-order valence-electron chi connectivity index (χ0n) is 15.4. The number of halogens is 3. The number of hydrogen-bond acceptors (Lipinski definition) is 4. The van der Waals surface area contributed by atoms with Crippen molar-refractivity contribution < 1.29 is 26.4 Å². The van der Waals surface area contributed by atoms with Gasteiger partial charge in [-0.3, -0.25) is 4.79 Å². The van der Waals surface area contributed by atoms with E-state index in [0.29, 0.717) is 5.69 Å². The van der Waals surface area contributed by atoms with Crippen LogP contribution >= 0.6 is 0 Å². The number of carbonyl (C=O) groups is 1. The Morgan fingerprint density at radius 3 is 2.45 bits per heavy atom. The zero-order valence-corrected chi connectivity index (χ0v) is 16.2. The molecule has 0 fully saturated rings. The van der Waals surface area contributed by atoms with Crippen LogP contribution in [0.1, 0.15) is 21.6 Å². The molecule has 29 heavy (non-hydrogen) atoms. The van der Waals surface area contributed by atoms with Crippen molar-refractivity contribution in [1.29, 1.82) is 0 Å². The van der Waals surface area contributed by atoms with E-state index in [1.165, 1.54) is 48.1 Å². The maximum Gasteiger partial charge on any atom is 0.416 e. The van der Waals surface area contributed by atoms with Gasteiger partial charge in [0.25, 0.3) is 5.91 Å². The standard InChI is InChI=1S/C19H16F3N3O3S/c1-12-15(18(26)24-16-8-3-4-9-17(16)29(2,27)28)11-23-25(12)14-7-5-6-13(10-14)19(20,21)22/h3-11H,1-2H3,(H,24,26). The minimum Gasteiger partial charge on any atom is -0.321 e. The van der Waals surface area contributed by atoms with Gasteiger partial charge in [-0.05, 0) is 37.3 Å². The van der Waals surface area contributed by atoms with Gasteiger partial charge < -0.3 is 5.32 Å². The Hall–Kier alpha value is -3.14. The molecule has 0 spiro atoms. The molecule has 1 heterocycles. The predicted octanol–water partition coefficient (Wildman–Crippen LogP) is 3.86. The van der Waals surface area contributed by atoms with Gasteiger partial charge in [-0.15, -0.1) is 0 Å². The van der Waals surface area contributed by atoms with Crippen molar-refractivity contribution in [2.75, 3.05) is 11.6 Å². The van der Waals surface area contributed by atoms with Gasteiger partial charge in [0.05, 0.1) is 39.3 Å². The number of para-hydroxylation sites is 1. The Morgan fingerprint density at radius 1 is 1.10 bits per heavy atom. The molecule has 3 aromatic rings. The molecule has 0 bridgehead atoms. The zero-order chi connectivity index (χ0) is 21.4. The number of aromatic nitrogens is 2. The van der Waals surface area contributed by atoms with E-state index in [1.807, 2.05) is 0 Å². The number of alkyl halides is 3. The lowest BCUT2D eigenvalue weighted by atomic mass is 10.2. The van der Waals surface area contributed by atoms with Crippen molar-refractivity contribution in [3.05, 3.63) is 71.5 Å². The summed E-state index contributed by atoms with van der Waals surface area (Å²) >= 11 is 0. The van der Waals surface area contributed by atoms with Crippen molar-refractivity contribution in [1.82, 2.24) is 9.78 Å². The lowest BCUT2D eigenvalue weighted by molar-refractivity contribution is -0.137. The number of amides is 1. The Kier molecular flexibility index (Phi) is 5.22. The van der Waals surface area contributed by atoms with Gasteiger partial charge >= 0.3 is 6.18 Å². The van der Waals surface area contributed by atoms with Crippen LogP contribution in [0.4, 0.5) is 18.9 Å². The second-order valence-corrected chi connectivity index (χ2v) is 8.31. The van der Waals surface area contributed by atoms with Gasteiger partial charge in [0, 0.05) is 6.26 Å². The molecule has 2 aromatic carbocycles. The van der Waals surface area contributed by atoms with Crippen molar-refractivity contribution >= 4 is 21.4 Å². The third-order valence-electron chi connectivity index (χ3n) is 4.21. The monoisotopic (exact) mass is 423 g/mol. The number of benzene rings is 2. The average Bonchev–Trinajstić information content (AvgIpc) is 3.02. The van der Waals surface area contributed by atoms with Gasteiger partial charge in [0.1, 0.15) is 0 Å². The minimum absolute atomic E-state index is 0.0451. The molecular formula is C19H16F3N3O3S. The molecule has 0 saturated carbocycles. The Bertz CT molecular complexity index is 1180. The van der Waals surface area contributed by atoms with Gasteiger partial charge in [-0.1, -0.05) is 18.2 Å². The number of anilines is 1. The molecule has 0 unspecified atom stereocenters. The van der Waals surface area contributed by atoms with E-state index < -0.39 is 27.5 Å². The molecule has 0 aliphatic rings. The molecule has 0 atom stereocenters. The van der Waals surface area contributed by atoms with Crippen LogP contribution in [-0.2, 0) is 16.0 Å². The van der Waals surface area contributed by atoms with Crippen LogP contribution in [0.2, 0.25) is 0 Å². The molecule has 152 valence electrons. The molecule has 10 heteroatoms. The van der Waals surface area contributed by atoms with Crippen LogP contribution in [0.5, 0.6) is 0 Å². The number of sulfone groups is 1. The predicted molar refractivity (Wildman–Crippen MR) is 101 cm³/mol. The molecule has 1 aromatic heterocycles. The van der Waals surface area contributed by atoms with E-state index in [9.17, 15) is 26.4 Å². The number of nitrogens with zero attached hydrogens (tertiary/aromatic N) is 2. The summed E-state index contributed by atoms with van der Waals surface area (Å²) in [5, 5.41) is 6.54. The van der Waals surface area contributed by atoms with Gasteiger partial charge in [-0.25, -0.2) is 13.1 Å². The molecule has 3 rings (SSSR count). The number of rotatable bonds is 4. The average molecular weight is 423 g/mol. The quantitative estimate of drug-likeness (QED) is 0.691. The first-order valence-corrected chi connectivity index (χ1v) is 10.2. The first-order chi connectivity index (χ1) is 13.5. The fourth-order valence-corrected chi connectivity index (χ4v) is 3.63. The number of carbonyl (C=O) groups excluding carboxylic acids is 1. The maximum atomic E-state index is 13.0. The van der Waals surface area contributed by atoms with Crippen LogP contribution in [0.25, 0.3) is 5.69 Å². The lowest BCUT2D eigenvalue weighted by Gasteiger charge is -2.11. The fraction of sp³-hybridized carbons (Fsp3) is 0.158. The first kappa shape index (κ1) is 20.6. The highest BCUT2D eigenvalue weighted by atomic mass is 32.2. The minimum atomic E-state index is -4.51. The summed E-state index contributed by atoms with van der Waals surface area (Å²) in [6.45, 7) is 1.53. The van der Waals surface area contributed by atoms with Gasteiger partial charge in [0.2, 0.25) is 0 Å². The SMILES string of the molecule is Cc1c(C(=O)Nc2ccccc2S(C)(=O)=O)cnn1-c1cccc(C(F)(F)F)c1. The number of hydrogen-bond donors (Lipinski definition) is 1. The van der Waals surface area contributed by atoms with Crippen molar-refractivity contribution in [2.24, 2.45) is 0 Å². The van der Waals surface area contributed by atoms with E-state index in [1.54, 1.807) is 6.07 Å². The summed E-state index contributed by atoms with van der Waals surface area (Å²) in [4.78, 5) is 12.6. The van der Waals surface area contributed by atoms with Crippen LogP contribution in [-0.4, -0.2) is 30.4 Å². The molecule has 0 aliphatic heterocycles. The third kappa shape index (κ3) is 4.32. The van der Waals surface area contributed by atoms with E-state index >= 15 is 0 Å². The smallest absolute Gasteiger partial charge is 0.321 e. The molecule has 0 aliphatic carbocycles. The van der Waals surface area contributed by atoms with E-state index in [2.05, 4.69) is 10.4 Å². The molecular weight excluding hydrogens is 407 g/mol. The summed E-state index contributed by atoms with van der Waals surface area (Å²) in [6.07, 6.45) is -2.27. The lowest BCUT2D eigenvalue weighted by Crippen LogP contribution is -2.15. The molecule has 0 saturated heterocycles. The van der Waals surface area contributed by atoms with Gasteiger partial charge in [0.15, 0.2) is 9.84 Å². The number of nitrogens with one attached hydrogen (secondary N) is 1.